The molecule has 2 aromatic heterocycles. The van der Waals surface area contributed by atoms with Gasteiger partial charge >= 0.3 is 0 Å². The Balaban J connectivity index is 1.50. The first kappa shape index (κ1) is 20.7. The zero-order chi connectivity index (χ0) is 23.2. The third-order valence-electron chi connectivity index (χ3n) is 6.58. The summed E-state index contributed by atoms with van der Waals surface area (Å²) in [5.74, 6) is 1.48. The molecule has 170 valence electrons. The van der Waals surface area contributed by atoms with Gasteiger partial charge in [0.2, 0.25) is 6.79 Å². The van der Waals surface area contributed by atoms with Crippen LogP contribution >= 0.6 is 12.2 Å². The van der Waals surface area contributed by atoms with Gasteiger partial charge in [-0.05, 0) is 85.7 Å². The minimum Gasteiger partial charge on any atom is -0.454 e. The van der Waals surface area contributed by atoms with E-state index in [0.717, 1.165) is 34.3 Å². The molecule has 0 spiro atoms. The van der Waals surface area contributed by atoms with Crippen LogP contribution in [0.3, 0.4) is 0 Å². The number of anilines is 1. The Bertz CT molecular complexity index is 1380. The van der Waals surface area contributed by atoms with Crippen LogP contribution in [0.25, 0.3) is 5.69 Å². The summed E-state index contributed by atoms with van der Waals surface area (Å²) in [4.78, 5) is 6.82. The number of rotatable bonds is 4. The molecule has 0 amide bonds. The Kier molecular flexibility index (Phi) is 4.99. The van der Waals surface area contributed by atoms with Crippen molar-refractivity contribution in [2.75, 3.05) is 11.7 Å². The molecule has 0 unspecified atom stereocenters. The second-order valence-electron chi connectivity index (χ2n) is 8.61. The molecule has 7 heteroatoms. The van der Waals surface area contributed by atoms with Crippen molar-refractivity contribution in [3.8, 4) is 17.2 Å². The summed E-state index contributed by atoms with van der Waals surface area (Å²) < 4.78 is 13.4. The number of pyridine rings is 1. The first-order chi connectivity index (χ1) is 16.6. The topological polar surface area (TPSA) is 51.6 Å². The number of nitrogens with zero attached hydrogens (tertiary/aromatic N) is 3. The Morgan fingerprint density at radius 3 is 2.59 bits per heavy atom. The van der Waals surface area contributed by atoms with Crippen molar-refractivity contribution < 1.29 is 9.47 Å². The molecule has 4 aromatic rings. The van der Waals surface area contributed by atoms with Gasteiger partial charge in [0.15, 0.2) is 16.6 Å². The Morgan fingerprint density at radius 2 is 1.76 bits per heavy atom. The number of aryl methyl sites for hydroxylation is 2. The molecule has 0 radical (unpaired) electrons. The summed E-state index contributed by atoms with van der Waals surface area (Å²) in [7, 11) is 0. The summed E-state index contributed by atoms with van der Waals surface area (Å²) in [6, 6.07) is 22.5. The zero-order valence-electron chi connectivity index (χ0n) is 18.9. The van der Waals surface area contributed by atoms with Crippen molar-refractivity contribution in [2.24, 2.45) is 0 Å². The largest absolute Gasteiger partial charge is 0.454 e. The van der Waals surface area contributed by atoms with Gasteiger partial charge in [0.05, 0.1) is 11.7 Å². The van der Waals surface area contributed by atoms with Gasteiger partial charge in [-0.3, -0.25) is 4.98 Å². The number of nitrogens with one attached hydrogen (secondary N) is 1. The summed E-state index contributed by atoms with van der Waals surface area (Å²) in [6.07, 6.45) is 3.93. The van der Waals surface area contributed by atoms with Crippen LogP contribution in [0, 0.1) is 13.8 Å². The van der Waals surface area contributed by atoms with Crippen LogP contribution in [0.2, 0.25) is 0 Å². The summed E-state index contributed by atoms with van der Waals surface area (Å²) >= 11 is 5.88. The monoisotopic (exact) mass is 468 g/mol. The van der Waals surface area contributed by atoms with E-state index in [-0.39, 0.29) is 18.9 Å². The van der Waals surface area contributed by atoms with Crippen molar-refractivity contribution in [2.45, 2.75) is 25.9 Å². The SMILES string of the molecule is Cc1ccc(-n2cccc2[C@H]2[C@@H](c3ccccn3)NC(=S)N2c2ccc3c(c2)OCO3)cc1C. The highest BCUT2D eigenvalue weighted by Crippen LogP contribution is 2.44. The molecule has 0 aliphatic carbocycles. The fourth-order valence-electron chi connectivity index (χ4n) is 4.71. The van der Waals surface area contributed by atoms with E-state index < -0.39 is 0 Å². The van der Waals surface area contributed by atoms with Gasteiger partial charge in [-0.2, -0.15) is 0 Å². The lowest BCUT2D eigenvalue weighted by atomic mass is 10.0. The highest BCUT2D eigenvalue weighted by molar-refractivity contribution is 7.80. The average molecular weight is 469 g/mol. The van der Waals surface area contributed by atoms with E-state index in [9.17, 15) is 0 Å². The Labute approximate surface area is 203 Å². The van der Waals surface area contributed by atoms with Gasteiger partial charge in [-0.15, -0.1) is 0 Å². The molecule has 6 nitrogen and oxygen atoms in total. The maximum Gasteiger partial charge on any atom is 0.231 e. The average Bonchev–Trinajstić information content (AvgIpc) is 3.59. The van der Waals surface area contributed by atoms with Crippen LogP contribution in [-0.2, 0) is 0 Å². The first-order valence-corrected chi connectivity index (χ1v) is 11.7. The molecule has 2 aromatic carbocycles. The number of hydrogen-bond acceptors (Lipinski definition) is 4. The number of fused-ring (bicyclic) bond motifs is 1. The molecule has 2 atom stereocenters. The standard InChI is InChI=1S/C27H24N4O2S/c1-17-8-9-19(14-18(17)2)30-13-5-7-22(30)26-25(21-6-3-4-12-28-21)29-27(34)31(26)20-10-11-23-24(15-20)33-16-32-23/h3-15,25-26H,16H2,1-2H3,(H,29,34)/t25-,26+/m1/s1. The van der Waals surface area contributed by atoms with Crippen LogP contribution in [-0.4, -0.2) is 21.5 Å². The van der Waals surface area contributed by atoms with Crippen molar-refractivity contribution in [3.05, 3.63) is 102 Å². The van der Waals surface area contributed by atoms with E-state index in [1.54, 1.807) is 0 Å². The van der Waals surface area contributed by atoms with Gasteiger partial charge in [-0.1, -0.05) is 12.1 Å². The van der Waals surface area contributed by atoms with Gasteiger partial charge in [0.1, 0.15) is 6.04 Å². The Hall–Kier alpha value is -3.84. The van der Waals surface area contributed by atoms with Crippen molar-refractivity contribution in [3.63, 3.8) is 0 Å². The predicted octanol–water partition coefficient (Wildman–Crippen LogP) is 5.39. The number of benzene rings is 2. The van der Waals surface area contributed by atoms with E-state index in [1.165, 1.54) is 11.1 Å². The fourth-order valence-corrected chi connectivity index (χ4v) is 5.06. The minimum atomic E-state index is -0.126. The van der Waals surface area contributed by atoms with E-state index in [1.807, 2.05) is 42.6 Å². The molecule has 4 heterocycles. The highest BCUT2D eigenvalue weighted by atomic mass is 32.1. The molecule has 1 N–H and O–H groups in total. The molecule has 0 bridgehead atoms. The lowest BCUT2D eigenvalue weighted by Crippen LogP contribution is -2.30. The third kappa shape index (κ3) is 3.40. The first-order valence-electron chi connectivity index (χ1n) is 11.3. The van der Waals surface area contributed by atoms with Crippen LogP contribution < -0.4 is 19.7 Å². The van der Waals surface area contributed by atoms with Gasteiger partial charge in [0.25, 0.3) is 0 Å². The zero-order valence-corrected chi connectivity index (χ0v) is 19.8. The van der Waals surface area contributed by atoms with Crippen LogP contribution in [0.5, 0.6) is 11.5 Å². The summed E-state index contributed by atoms with van der Waals surface area (Å²) in [5.41, 5.74) is 6.64. The molecule has 2 aliphatic heterocycles. The quantitative estimate of drug-likeness (QED) is 0.405. The van der Waals surface area contributed by atoms with Crippen LogP contribution in [0.1, 0.15) is 34.6 Å². The Morgan fingerprint density at radius 1 is 0.912 bits per heavy atom. The number of thiocarbonyl (C=S) groups is 1. The number of hydrogen-bond donors (Lipinski definition) is 1. The maximum atomic E-state index is 5.88. The van der Waals surface area contributed by atoms with Gasteiger partial charge in [-0.25, -0.2) is 0 Å². The smallest absolute Gasteiger partial charge is 0.231 e. The molecule has 2 aliphatic rings. The van der Waals surface area contributed by atoms with Crippen LogP contribution in [0.4, 0.5) is 5.69 Å². The predicted molar refractivity (Wildman–Crippen MR) is 136 cm³/mol. The fraction of sp³-hybridized carbons (Fsp3) is 0.185. The molecule has 6 rings (SSSR count). The molecule has 1 fully saturated rings. The van der Waals surface area contributed by atoms with E-state index in [2.05, 4.69) is 70.1 Å². The third-order valence-corrected chi connectivity index (χ3v) is 6.90. The minimum absolute atomic E-state index is 0.126. The van der Waals surface area contributed by atoms with E-state index >= 15 is 0 Å². The van der Waals surface area contributed by atoms with Gasteiger partial charge in [0, 0.05) is 35.5 Å². The number of ether oxygens (including phenoxy) is 2. The molecular weight excluding hydrogens is 444 g/mol. The van der Waals surface area contributed by atoms with E-state index in [4.69, 9.17) is 21.7 Å². The second-order valence-corrected chi connectivity index (χ2v) is 8.99. The van der Waals surface area contributed by atoms with Gasteiger partial charge < -0.3 is 24.3 Å². The molecule has 0 saturated carbocycles. The lowest BCUT2D eigenvalue weighted by Gasteiger charge is -2.29. The molecule has 1 saturated heterocycles. The van der Waals surface area contributed by atoms with Crippen molar-refractivity contribution >= 4 is 23.0 Å². The lowest BCUT2D eigenvalue weighted by molar-refractivity contribution is 0.174. The second kappa shape index (κ2) is 8.18. The number of aromatic nitrogens is 2. The summed E-state index contributed by atoms with van der Waals surface area (Å²) in [6.45, 7) is 4.51. The highest BCUT2D eigenvalue weighted by Gasteiger charge is 2.42. The maximum absolute atomic E-state index is 5.88. The van der Waals surface area contributed by atoms with Crippen molar-refractivity contribution in [1.29, 1.82) is 0 Å². The normalized spacial score (nSPS) is 18.9. The summed E-state index contributed by atoms with van der Waals surface area (Å²) in [5, 5.41) is 4.18. The molecule has 34 heavy (non-hydrogen) atoms. The van der Waals surface area contributed by atoms with Crippen molar-refractivity contribution in [1.82, 2.24) is 14.9 Å². The van der Waals surface area contributed by atoms with Crippen LogP contribution in [0.15, 0.2) is 79.1 Å². The molecular formula is C27H24N4O2S. The van der Waals surface area contributed by atoms with E-state index in [0.29, 0.717) is 5.11 Å².